The van der Waals surface area contributed by atoms with Crippen LogP contribution >= 0.6 is 11.6 Å². The number of amides is 1. The molecule has 0 bridgehead atoms. The Labute approximate surface area is 186 Å². The molecule has 1 fully saturated rings. The number of rotatable bonds is 5. The molecule has 0 unspecified atom stereocenters. The number of halogens is 1. The summed E-state index contributed by atoms with van der Waals surface area (Å²) in [6.45, 7) is 2.66. The van der Waals surface area contributed by atoms with Gasteiger partial charge in [-0.15, -0.1) is 0 Å². The van der Waals surface area contributed by atoms with Crippen LogP contribution in [-0.2, 0) is 17.8 Å². The van der Waals surface area contributed by atoms with Crippen LogP contribution in [0, 0.1) is 0 Å². The molecule has 2 aliphatic heterocycles. The first-order valence-corrected chi connectivity index (χ1v) is 10.9. The normalized spacial score (nSPS) is 16.4. The minimum atomic E-state index is 0.0337. The number of aromatic nitrogens is 2. The van der Waals surface area contributed by atoms with Crippen molar-refractivity contribution < 1.29 is 9.53 Å². The third-order valence-electron chi connectivity index (χ3n) is 5.76. The Kier molecular flexibility index (Phi) is 5.57. The molecule has 0 radical (unpaired) electrons. The zero-order valence-corrected chi connectivity index (χ0v) is 17.8. The van der Waals surface area contributed by atoms with Crippen molar-refractivity contribution in [1.29, 1.82) is 0 Å². The number of nitrogens with zero attached hydrogens (tertiary/aromatic N) is 3. The van der Waals surface area contributed by atoms with E-state index in [1.54, 1.807) is 6.20 Å². The van der Waals surface area contributed by atoms with Gasteiger partial charge in [0.1, 0.15) is 0 Å². The Morgan fingerprint density at radius 1 is 1.13 bits per heavy atom. The number of hydrogen-bond acceptors (Lipinski definition) is 5. The van der Waals surface area contributed by atoms with Crippen molar-refractivity contribution >= 4 is 23.5 Å². The maximum Gasteiger partial charge on any atom is 0.254 e. The largest absolute Gasteiger partial charge is 0.381 e. The molecule has 5 rings (SSSR count). The van der Waals surface area contributed by atoms with Gasteiger partial charge in [0.05, 0.1) is 5.69 Å². The summed E-state index contributed by atoms with van der Waals surface area (Å²) >= 11 is 6.09. The van der Waals surface area contributed by atoms with E-state index in [1.165, 1.54) is 0 Å². The van der Waals surface area contributed by atoms with Gasteiger partial charge in [0.2, 0.25) is 5.95 Å². The summed E-state index contributed by atoms with van der Waals surface area (Å²) in [4.78, 5) is 23.9. The van der Waals surface area contributed by atoms with Gasteiger partial charge in [0.15, 0.2) is 0 Å². The Bertz CT molecular complexity index is 1110. The van der Waals surface area contributed by atoms with Crippen LogP contribution in [-0.4, -0.2) is 40.0 Å². The van der Waals surface area contributed by atoms with Gasteiger partial charge in [0.25, 0.3) is 5.91 Å². The smallest absolute Gasteiger partial charge is 0.254 e. The number of carbonyl (C=O) groups is 1. The van der Waals surface area contributed by atoms with E-state index in [1.807, 2.05) is 53.4 Å². The predicted molar refractivity (Wildman–Crippen MR) is 120 cm³/mol. The van der Waals surface area contributed by atoms with Crippen LogP contribution in [0.3, 0.4) is 0 Å². The molecule has 6 nitrogen and oxygen atoms in total. The molecule has 1 saturated heterocycles. The summed E-state index contributed by atoms with van der Waals surface area (Å²) in [7, 11) is 0. The van der Waals surface area contributed by atoms with E-state index in [4.69, 9.17) is 16.3 Å². The molecule has 0 saturated carbocycles. The molecule has 2 aromatic carbocycles. The molecular formula is C24H23ClN4O2. The first kappa shape index (κ1) is 20.0. The molecule has 0 atom stereocenters. The van der Waals surface area contributed by atoms with Crippen molar-refractivity contribution in [2.45, 2.75) is 32.0 Å². The van der Waals surface area contributed by atoms with Gasteiger partial charge in [-0.2, -0.15) is 0 Å². The summed E-state index contributed by atoms with van der Waals surface area (Å²) < 4.78 is 5.41. The van der Waals surface area contributed by atoms with E-state index in [-0.39, 0.29) is 5.91 Å². The number of carbonyl (C=O) groups excluding carboxylic acids is 1. The first-order chi connectivity index (χ1) is 15.2. The molecular weight excluding hydrogens is 412 g/mol. The molecule has 7 heteroatoms. The molecule has 1 aromatic heterocycles. The highest BCUT2D eigenvalue weighted by atomic mass is 35.5. The summed E-state index contributed by atoms with van der Waals surface area (Å²) in [5.74, 6) is 0.644. The quantitative estimate of drug-likeness (QED) is 0.638. The molecule has 3 heterocycles. The van der Waals surface area contributed by atoms with Crippen molar-refractivity contribution in [2.24, 2.45) is 0 Å². The van der Waals surface area contributed by atoms with Gasteiger partial charge in [-0.05, 0) is 48.2 Å². The molecule has 1 amide bonds. The number of hydrogen-bond donors (Lipinski definition) is 1. The first-order valence-electron chi connectivity index (χ1n) is 10.5. The Balaban J connectivity index is 1.34. The maximum absolute atomic E-state index is 13.0. The third kappa shape index (κ3) is 4.40. The van der Waals surface area contributed by atoms with Crippen LogP contribution in [0.5, 0.6) is 0 Å². The Hall–Kier alpha value is -2.96. The van der Waals surface area contributed by atoms with Crippen LogP contribution < -0.4 is 5.32 Å². The van der Waals surface area contributed by atoms with E-state index >= 15 is 0 Å². The fourth-order valence-electron chi connectivity index (χ4n) is 4.12. The monoisotopic (exact) mass is 434 g/mol. The van der Waals surface area contributed by atoms with Gasteiger partial charge in [-0.1, -0.05) is 35.9 Å². The SMILES string of the molecule is O=C1c2cc(-c3ccnc(NC4CCOCC4)n3)ccc2CN1Cc1cccc(Cl)c1. The molecule has 0 spiro atoms. The molecule has 1 N–H and O–H groups in total. The topological polar surface area (TPSA) is 67.3 Å². The highest BCUT2D eigenvalue weighted by Gasteiger charge is 2.28. The average Bonchev–Trinajstić information content (AvgIpc) is 3.09. The summed E-state index contributed by atoms with van der Waals surface area (Å²) in [6.07, 6.45) is 3.65. The number of anilines is 1. The Morgan fingerprint density at radius 3 is 2.84 bits per heavy atom. The second-order valence-electron chi connectivity index (χ2n) is 7.96. The number of nitrogens with one attached hydrogen (secondary N) is 1. The average molecular weight is 435 g/mol. The summed E-state index contributed by atoms with van der Waals surface area (Å²) in [5, 5.41) is 4.08. The van der Waals surface area contributed by atoms with Crippen LogP contribution in [0.2, 0.25) is 5.02 Å². The second-order valence-corrected chi connectivity index (χ2v) is 8.40. The zero-order valence-electron chi connectivity index (χ0n) is 17.1. The molecule has 2 aliphatic rings. The molecule has 158 valence electrons. The molecule has 0 aliphatic carbocycles. The van der Waals surface area contributed by atoms with E-state index in [0.29, 0.717) is 30.1 Å². The molecule has 3 aromatic rings. The minimum Gasteiger partial charge on any atom is -0.381 e. The van der Waals surface area contributed by atoms with Crippen molar-refractivity contribution in [3.8, 4) is 11.3 Å². The van der Waals surface area contributed by atoms with Gasteiger partial charge in [-0.3, -0.25) is 4.79 Å². The second kappa shape index (κ2) is 8.65. The molecule has 31 heavy (non-hydrogen) atoms. The van der Waals surface area contributed by atoms with E-state index in [0.717, 1.165) is 54.0 Å². The van der Waals surface area contributed by atoms with E-state index in [2.05, 4.69) is 15.3 Å². The number of benzene rings is 2. The van der Waals surface area contributed by atoms with Crippen molar-refractivity contribution in [2.75, 3.05) is 18.5 Å². The highest BCUT2D eigenvalue weighted by molar-refractivity contribution is 6.30. The van der Waals surface area contributed by atoms with Crippen molar-refractivity contribution in [3.63, 3.8) is 0 Å². The van der Waals surface area contributed by atoms with E-state index < -0.39 is 0 Å². The van der Waals surface area contributed by atoms with Gasteiger partial charge < -0.3 is 15.0 Å². The number of fused-ring (bicyclic) bond motifs is 1. The van der Waals surface area contributed by atoms with Gasteiger partial charge >= 0.3 is 0 Å². The van der Waals surface area contributed by atoms with Crippen LogP contribution in [0.25, 0.3) is 11.3 Å². The Morgan fingerprint density at radius 2 is 2.00 bits per heavy atom. The lowest BCUT2D eigenvalue weighted by Gasteiger charge is -2.23. The predicted octanol–water partition coefficient (Wildman–Crippen LogP) is 4.54. The van der Waals surface area contributed by atoms with Crippen LogP contribution in [0.4, 0.5) is 5.95 Å². The maximum atomic E-state index is 13.0. The van der Waals surface area contributed by atoms with Gasteiger partial charge in [0, 0.05) is 54.7 Å². The lowest BCUT2D eigenvalue weighted by molar-refractivity contribution is 0.0766. The third-order valence-corrected chi connectivity index (χ3v) is 5.99. The minimum absolute atomic E-state index is 0.0337. The lowest BCUT2D eigenvalue weighted by atomic mass is 10.0. The standard InChI is InChI=1S/C24H23ClN4O2/c25-19-3-1-2-16(12-19)14-29-15-18-5-4-17(13-21(18)23(29)30)22-6-9-26-24(28-22)27-20-7-10-31-11-8-20/h1-6,9,12-13,20H,7-8,10-11,14-15H2,(H,26,27,28). The lowest BCUT2D eigenvalue weighted by Crippen LogP contribution is -2.28. The fraction of sp³-hybridized carbons (Fsp3) is 0.292. The van der Waals surface area contributed by atoms with Crippen LogP contribution in [0.15, 0.2) is 54.7 Å². The van der Waals surface area contributed by atoms with Crippen molar-refractivity contribution in [1.82, 2.24) is 14.9 Å². The van der Waals surface area contributed by atoms with Crippen LogP contribution in [0.1, 0.15) is 34.3 Å². The van der Waals surface area contributed by atoms with Gasteiger partial charge in [-0.25, -0.2) is 9.97 Å². The van der Waals surface area contributed by atoms with E-state index in [9.17, 15) is 4.79 Å². The fourth-order valence-corrected chi connectivity index (χ4v) is 4.33. The number of ether oxygens (including phenoxy) is 1. The summed E-state index contributed by atoms with van der Waals surface area (Å²) in [6, 6.07) is 15.8. The zero-order chi connectivity index (χ0) is 21.2. The highest BCUT2D eigenvalue weighted by Crippen LogP contribution is 2.29. The van der Waals surface area contributed by atoms with Crippen molar-refractivity contribution in [3.05, 3.63) is 76.4 Å². The summed E-state index contributed by atoms with van der Waals surface area (Å²) in [5.41, 5.74) is 4.50.